The number of amides is 1. The number of ether oxygens (including phenoxy) is 2. The van der Waals surface area contributed by atoms with Crippen LogP contribution >= 0.6 is 23.1 Å². The molecular formula is C27H34N4O4S2. The second kappa shape index (κ2) is 12.1. The summed E-state index contributed by atoms with van der Waals surface area (Å²) in [5.74, 6) is 1.63. The van der Waals surface area contributed by atoms with Gasteiger partial charge in [0.15, 0.2) is 17.1 Å². The van der Waals surface area contributed by atoms with Crippen LogP contribution in [-0.4, -0.2) is 39.0 Å². The van der Waals surface area contributed by atoms with Crippen molar-refractivity contribution in [3.8, 4) is 5.75 Å². The van der Waals surface area contributed by atoms with Crippen molar-refractivity contribution in [2.75, 3.05) is 17.7 Å². The van der Waals surface area contributed by atoms with Crippen LogP contribution in [0.4, 0.5) is 5.00 Å². The van der Waals surface area contributed by atoms with Crippen LogP contribution in [0.1, 0.15) is 72.4 Å². The molecule has 0 bridgehead atoms. The number of fused-ring (bicyclic) bond motifs is 1. The van der Waals surface area contributed by atoms with Gasteiger partial charge in [-0.25, -0.2) is 4.79 Å². The Kier molecular flexibility index (Phi) is 8.91. The molecule has 2 heterocycles. The molecule has 2 aromatic heterocycles. The highest BCUT2D eigenvalue weighted by Crippen LogP contribution is 2.40. The summed E-state index contributed by atoms with van der Waals surface area (Å²) in [6.07, 6.45) is 2.48. The fourth-order valence-corrected chi connectivity index (χ4v) is 6.73. The molecule has 4 rings (SSSR count). The highest BCUT2D eigenvalue weighted by Gasteiger charge is 2.29. The van der Waals surface area contributed by atoms with E-state index in [-0.39, 0.29) is 23.7 Å². The van der Waals surface area contributed by atoms with Crippen molar-refractivity contribution in [1.82, 2.24) is 14.8 Å². The van der Waals surface area contributed by atoms with Gasteiger partial charge in [0.2, 0.25) is 5.91 Å². The van der Waals surface area contributed by atoms with Gasteiger partial charge < -0.3 is 19.4 Å². The number of carbonyl (C=O) groups excluding carboxylic acids is 2. The minimum Gasteiger partial charge on any atom is -0.483 e. The number of esters is 1. The molecule has 2 unspecified atom stereocenters. The topological polar surface area (TPSA) is 95.3 Å². The highest BCUT2D eigenvalue weighted by molar-refractivity contribution is 7.99. The molecule has 37 heavy (non-hydrogen) atoms. The molecule has 0 spiro atoms. The van der Waals surface area contributed by atoms with Crippen LogP contribution in [0.15, 0.2) is 29.4 Å². The van der Waals surface area contributed by atoms with Gasteiger partial charge in [0.05, 0.1) is 17.9 Å². The maximum atomic E-state index is 12.9. The van der Waals surface area contributed by atoms with E-state index in [0.717, 1.165) is 36.1 Å². The van der Waals surface area contributed by atoms with E-state index in [0.29, 0.717) is 40.6 Å². The lowest BCUT2D eigenvalue weighted by Crippen LogP contribution is -2.18. The molecule has 0 aliphatic heterocycles. The predicted molar refractivity (Wildman–Crippen MR) is 147 cm³/mol. The van der Waals surface area contributed by atoms with Gasteiger partial charge in [-0.15, -0.1) is 21.5 Å². The number of nitrogens with zero attached hydrogens (tertiary/aromatic N) is 3. The number of rotatable bonds is 10. The van der Waals surface area contributed by atoms with Gasteiger partial charge in [-0.05, 0) is 76.1 Å². The van der Waals surface area contributed by atoms with Crippen LogP contribution in [0.25, 0.3) is 0 Å². The van der Waals surface area contributed by atoms with Crippen LogP contribution in [0.3, 0.4) is 0 Å². The number of aromatic nitrogens is 3. The normalized spacial score (nSPS) is 15.6. The van der Waals surface area contributed by atoms with Gasteiger partial charge in [0.25, 0.3) is 0 Å². The fourth-order valence-electron chi connectivity index (χ4n) is 4.50. The van der Waals surface area contributed by atoms with Crippen molar-refractivity contribution in [2.24, 2.45) is 5.92 Å². The van der Waals surface area contributed by atoms with E-state index in [2.05, 4.69) is 22.4 Å². The summed E-state index contributed by atoms with van der Waals surface area (Å²) in [4.78, 5) is 26.9. The second-order valence-corrected chi connectivity index (χ2v) is 11.3. The smallest absolute Gasteiger partial charge is 0.341 e. The molecule has 0 saturated heterocycles. The molecule has 8 nitrogen and oxygen atoms in total. The number of thioether (sulfide) groups is 1. The minimum atomic E-state index is -0.365. The van der Waals surface area contributed by atoms with E-state index in [1.807, 2.05) is 49.6 Å². The average molecular weight is 543 g/mol. The maximum absolute atomic E-state index is 12.9. The van der Waals surface area contributed by atoms with Crippen LogP contribution in [0.2, 0.25) is 0 Å². The Balaban J connectivity index is 1.44. The Morgan fingerprint density at radius 3 is 2.84 bits per heavy atom. The number of nitrogens with one attached hydrogen (secondary N) is 1. The minimum absolute atomic E-state index is 0.145. The molecule has 3 aromatic rings. The zero-order valence-corrected chi connectivity index (χ0v) is 23.6. The molecule has 1 amide bonds. The lowest BCUT2D eigenvalue weighted by atomic mass is 9.88. The van der Waals surface area contributed by atoms with Crippen molar-refractivity contribution in [1.29, 1.82) is 0 Å². The van der Waals surface area contributed by atoms with E-state index >= 15 is 0 Å². The molecule has 0 radical (unpaired) electrons. The van der Waals surface area contributed by atoms with Gasteiger partial charge in [-0.2, -0.15) is 0 Å². The summed E-state index contributed by atoms with van der Waals surface area (Å²) in [5.41, 5.74) is 2.67. The SMILES string of the molecule is CCOC(=O)c1c(NC(=O)CSc2nnc(C(C)Oc3cccc(C)c3)n2CC)sc2c1CCC(C)C2. The van der Waals surface area contributed by atoms with Crippen molar-refractivity contribution < 1.29 is 19.1 Å². The number of aryl methyl sites for hydroxylation is 1. The van der Waals surface area contributed by atoms with Gasteiger partial charge in [0.1, 0.15) is 10.8 Å². The number of benzene rings is 1. The predicted octanol–water partition coefficient (Wildman–Crippen LogP) is 5.84. The molecule has 1 aliphatic rings. The lowest BCUT2D eigenvalue weighted by Gasteiger charge is -2.18. The van der Waals surface area contributed by atoms with Crippen LogP contribution in [-0.2, 0) is 28.9 Å². The summed E-state index contributed by atoms with van der Waals surface area (Å²) >= 11 is 2.81. The molecule has 0 saturated carbocycles. The van der Waals surface area contributed by atoms with Crippen molar-refractivity contribution >= 4 is 40.0 Å². The third-order valence-corrected chi connectivity index (χ3v) is 8.44. The summed E-state index contributed by atoms with van der Waals surface area (Å²) in [5, 5.41) is 12.9. The lowest BCUT2D eigenvalue weighted by molar-refractivity contribution is -0.113. The standard InChI is InChI=1S/C27H34N4O4S2/c1-6-31-24(18(5)35-19-10-8-9-16(3)13-19)29-30-27(31)36-15-22(32)28-25-23(26(33)34-7-2)20-12-11-17(4)14-21(20)37-25/h8-10,13,17-18H,6-7,11-12,14-15H2,1-5H3,(H,28,32). The molecule has 1 aromatic carbocycles. The van der Waals surface area contributed by atoms with Crippen molar-refractivity contribution in [3.05, 3.63) is 51.7 Å². The zero-order chi connectivity index (χ0) is 26.5. The molecule has 1 N–H and O–H groups in total. The first kappa shape index (κ1) is 27.2. The van der Waals surface area contributed by atoms with Gasteiger partial charge in [-0.3, -0.25) is 4.79 Å². The number of hydrogen-bond donors (Lipinski definition) is 1. The van der Waals surface area contributed by atoms with E-state index in [9.17, 15) is 9.59 Å². The third-order valence-electron chi connectivity index (χ3n) is 6.30. The molecule has 10 heteroatoms. The van der Waals surface area contributed by atoms with Crippen molar-refractivity contribution in [3.63, 3.8) is 0 Å². The largest absolute Gasteiger partial charge is 0.483 e. The van der Waals surface area contributed by atoms with Gasteiger partial charge in [-0.1, -0.05) is 30.8 Å². The number of carbonyl (C=O) groups is 2. The monoisotopic (exact) mass is 542 g/mol. The number of anilines is 1. The Morgan fingerprint density at radius 2 is 2.11 bits per heavy atom. The maximum Gasteiger partial charge on any atom is 0.341 e. The first-order valence-corrected chi connectivity index (χ1v) is 14.5. The first-order chi connectivity index (χ1) is 17.8. The van der Waals surface area contributed by atoms with Crippen LogP contribution < -0.4 is 10.1 Å². The molecule has 2 atom stereocenters. The van der Waals surface area contributed by atoms with Gasteiger partial charge in [0, 0.05) is 11.4 Å². The summed E-state index contributed by atoms with van der Waals surface area (Å²) in [6, 6.07) is 7.88. The van der Waals surface area contributed by atoms with E-state index < -0.39 is 0 Å². The number of thiophene rings is 1. The summed E-state index contributed by atoms with van der Waals surface area (Å²) in [6.45, 7) is 10.9. The van der Waals surface area contributed by atoms with Crippen LogP contribution in [0, 0.1) is 12.8 Å². The van der Waals surface area contributed by atoms with E-state index in [1.165, 1.54) is 28.0 Å². The van der Waals surface area contributed by atoms with Crippen molar-refractivity contribution in [2.45, 2.75) is 71.7 Å². The fraction of sp³-hybridized carbons (Fsp3) is 0.481. The number of hydrogen-bond acceptors (Lipinski definition) is 8. The molecule has 0 fully saturated rings. The van der Waals surface area contributed by atoms with Crippen LogP contribution in [0.5, 0.6) is 5.75 Å². The Hall–Kier alpha value is -2.85. The van der Waals surface area contributed by atoms with Gasteiger partial charge >= 0.3 is 5.97 Å². The molecular weight excluding hydrogens is 508 g/mol. The Morgan fingerprint density at radius 1 is 1.30 bits per heavy atom. The average Bonchev–Trinajstić information content (AvgIpc) is 3.43. The van der Waals surface area contributed by atoms with E-state index in [1.54, 1.807) is 6.92 Å². The second-order valence-electron chi connectivity index (χ2n) is 9.27. The molecule has 1 aliphatic carbocycles. The molecule has 198 valence electrons. The third kappa shape index (κ3) is 6.35. The quantitative estimate of drug-likeness (QED) is 0.254. The summed E-state index contributed by atoms with van der Waals surface area (Å²) < 4.78 is 13.4. The zero-order valence-electron chi connectivity index (χ0n) is 22.0. The Bertz CT molecular complexity index is 1270. The summed E-state index contributed by atoms with van der Waals surface area (Å²) in [7, 11) is 0. The Labute approximate surface area is 226 Å². The first-order valence-electron chi connectivity index (χ1n) is 12.7. The van der Waals surface area contributed by atoms with E-state index in [4.69, 9.17) is 9.47 Å². The highest BCUT2D eigenvalue weighted by atomic mass is 32.2.